The standard InChI is InChI=1S/C16H30O9.H3O4P/c1-14(2)16(19)25-15(18)13-24-12-11-23-10-9-22-8-7-21-6-5-20-4-3-17;1-5(2,3)4/h15,17-18H,1,3-13H2,2H3;(H3,1,2,3,4). The summed E-state index contributed by atoms with van der Waals surface area (Å²) in [6.45, 7) is 8.38. The molecule has 0 aromatic heterocycles. The van der Waals surface area contributed by atoms with Gasteiger partial charge in [-0.3, -0.25) is 0 Å². The summed E-state index contributed by atoms with van der Waals surface area (Å²) < 4.78 is 39.5. The van der Waals surface area contributed by atoms with E-state index in [1.807, 2.05) is 0 Å². The van der Waals surface area contributed by atoms with Crippen molar-refractivity contribution >= 4 is 13.8 Å². The number of rotatable bonds is 18. The topological polar surface area (TPSA) is 191 Å². The van der Waals surface area contributed by atoms with Crippen LogP contribution < -0.4 is 0 Å². The summed E-state index contributed by atoms with van der Waals surface area (Å²) in [4.78, 5) is 32.7. The molecule has 0 amide bonds. The highest BCUT2D eigenvalue weighted by Crippen LogP contribution is 2.25. The first-order valence-electron chi connectivity index (χ1n) is 8.90. The summed E-state index contributed by atoms with van der Waals surface area (Å²) in [5.74, 6) is -0.661. The van der Waals surface area contributed by atoms with E-state index in [-0.39, 0.29) is 25.4 Å². The van der Waals surface area contributed by atoms with E-state index in [1.165, 1.54) is 6.92 Å². The van der Waals surface area contributed by atoms with Gasteiger partial charge in [-0.2, -0.15) is 0 Å². The van der Waals surface area contributed by atoms with Crippen LogP contribution in [-0.2, 0) is 37.8 Å². The Morgan fingerprint density at radius 3 is 1.50 bits per heavy atom. The van der Waals surface area contributed by atoms with Crippen molar-refractivity contribution in [2.24, 2.45) is 0 Å². The number of aliphatic hydroxyl groups excluding tert-OH is 2. The van der Waals surface area contributed by atoms with Crippen LogP contribution in [0.25, 0.3) is 0 Å². The largest absolute Gasteiger partial charge is 0.466 e. The maximum atomic E-state index is 11.1. The van der Waals surface area contributed by atoms with E-state index in [0.717, 1.165) is 0 Å². The molecule has 0 aromatic rings. The number of esters is 1. The van der Waals surface area contributed by atoms with E-state index in [9.17, 15) is 9.90 Å². The van der Waals surface area contributed by atoms with Crippen molar-refractivity contribution < 1.29 is 62.7 Å². The Labute approximate surface area is 175 Å². The lowest BCUT2D eigenvalue weighted by Crippen LogP contribution is -2.24. The van der Waals surface area contributed by atoms with Gasteiger partial charge in [0.2, 0.25) is 6.29 Å². The molecule has 180 valence electrons. The molecule has 0 aliphatic carbocycles. The fourth-order valence-electron chi connectivity index (χ4n) is 1.39. The van der Waals surface area contributed by atoms with Gasteiger partial charge in [0, 0.05) is 5.57 Å². The molecule has 13 nitrogen and oxygen atoms in total. The van der Waals surface area contributed by atoms with Crippen LogP contribution in [0.4, 0.5) is 0 Å². The van der Waals surface area contributed by atoms with Gasteiger partial charge in [0.05, 0.1) is 66.1 Å². The lowest BCUT2D eigenvalue weighted by atomic mass is 10.4. The van der Waals surface area contributed by atoms with Crippen molar-refractivity contribution in [3.63, 3.8) is 0 Å². The van der Waals surface area contributed by atoms with Gasteiger partial charge in [0.1, 0.15) is 6.61 Å². The Bertz CT molecular complexity index is 460. The zero-order valence-corrected chi connectivity index (χ0v) is 17.9. The van der Waals surface area contributed by atoms with Gasteiger partial charge in [-0.25, -0.2) is 9.36 Å². The predicted molar refractivity (Wildman–Crippen MR) is 102 cm³/mol. The Hall–Kier alpha value is -0.960. The highest BCUT2D eigenvalue weighted by Gasteiger charge is 2.11. The Morgan fingerprint density at radius 1 is 0.833 bits per heavy atom. The van der Waals surface area contributed by atoms with Crippen LogP contribution in [0.2, 0.25) is 0 Å². The molecular formula is C16H33O13P. The third-order valence-corrected chi connectivity index (χ3v) is 2.58. The first kappa shape index (κ1) is 31.2. The Morgan fingerprint density at radius 2 is 1.17 bits per heavy atom. The first-order chi connectivity index (χ1) is 14.1. The second-order valence-electron chi connectivity index (χ2n) is 5.40. The monoisotopic (exact) mass is 464 g/mol. The van der Waals surface area contributed by atoms with Gasteiger partial charge in [0.25, 0.3) is 0 Å². The SMILES string of the molecule is C=C(C)C(=O)OC(O)COCCOCCOCCOCCOCCO.O=P(O)(O)O. The molecule has 30 heavy (non-hydrogen) atoms. The third kappa shape index (κ3) is 31.7. The number of aliphatic hydroxyl groups is 2. The normalized spacial score (nSPS) is 12.1. The molecule has 0 aromatic carbocycles. The summed E-state index contributed by atoms with van der Waals surface area (Å²) in [5.41, 5.74) is 0.211. The smallest absolute Gasteiger partial charge is 0.430 e. The average Bonchev–Trinajstić information content (AvgIpc) is 2.63. The van der Waals surface area contributed by atoms with Gasteiger partial charge < -0.3 is 53.3 Å². The van der Waals surface area contributed by atoms with Crippen molar-refractivity contribution in [1.29, 1.82) is 0 Å². The molecule has 14 heteroatoms. The maximum Gasteiger partial charge on any atom is 0.466 e. The van der Waals surface area contributed by atoms with Crippen molar-refractivity contribution in [2.75, 3.05) is 72.7 Å². The predicted octanol–water partition coefficient (Wildman–Crippen LogP) is -1.43. The summed E-state index contributed by atoms with van der Waals surface area (Å²) in [6, 6.07) is 0. The summed E-state index contributed by atoms with van der Waals surface area (Å²) in [6.07, 6.45) is -1.32. The van der Waals surface area contributed by atoms with E-state index in [2.05, 4.69) is 11.3 Å². The van der Waals surface area contributed by atoms with E-state index in [0.29, 0.717) is 52.9 Å². The minimum absolute atomic E-state index is 0.0111. The van der Waals surface area contributed by atoms with Gasteiger partial charge in [0.15, 0.2) is 0 Å². The quantitative estimate of drug-likeness (QED) is 0.0522. The number of carbonyl (C=O) groups is 1. The van der Waals surface area contributed by atoms with Crippen LogP contribution in [0.1, 0.15) is 6.92 Å². The fraction of sp³-hybridized carbons (Fsp3) is 0.812. The zero-order valence-electron chi connectivity index (χ0n) is 17.0. The van der Waals surface area contributed by atoms with Crippen molar-refractivity contribution in [1.82, 2.24) is 0 Å². The fourth-order valence-corrected chi connectivity index (χ4v) is 1.39. The Balaban J connectivity index is 0. The van der Waals surface area contributed by atoms with Gasteiger partial charge in [-0.1, -0.05) is 6.58 Å². The molecule has 0 aliphatic heterocycles. The van der Waals surface area contributed by atoms with Crippen LogP contribution in [0, 0.1) is 0 Å². The van der Waals surface area contributed by atoms with Crippen molar-refractivity contribution in [3.8, 4) is 0 Å². The van der Waals surface area contributed by atoms with E-state index < -0.39 is 20.1 Å². The summed E-state index contributed by atoms with van der Waals surface area (Å²) in [7, 11) is -4.64. The zero-order chi connectivity index (χ0) is 23.3. The number of ether oxygens (including phenoxy) is 6. The molecule has 1 unspecified atom stereocenters. The number of phosphoric acid groups is 1. The molecule has 0 heterocycles. The summed E-state index contributed by atoms with van der Waals surface area (Å²) >= 11 is 0. The molecule has 5 N–H and O–H groups in total. The van der Waals surface area contributed by atoms with Crippen molar-refractivity contribution in [2.45, 2.75) is 13.2 Å². The minimum Gasteiger partial charge on any atom is -0.430 e. The lowest BCUT2D eigenvalue weighted by molar-refractivity contribution is -0.173. The molecule has 0 spiro atoms. The van der Waals surface area contributed by atoms with E-state index in [4.69, 9.17) is 48.0 Å². The number of hydrogen-bond donors (Lipinski definition) is 5. The number of hydrogen-bond acceptors (Lipinski definition) is 10. The van der Waals surface area contributed by atoms with Crippen LogP contribution >= 0.6 is 7.82 Å². The van der Waals surface area contributed by atoms with Crippen LogP contribution in [-0.4, -0.2) is 110 Å². The molecule has 0 rings (SSSR count). The second kappa shape index (κ2) is 21.3. The molecule has 0 fully saturated rings. The molecule has 0 saturated carbocycles. The average molecular weight is 464 g/mol. The highest BCUT2D eigenvalue weighted by atomic mass is 31.2. The summed E-state index contributed by atoms with van der Waals surface area (Å²) in [5, 5.41) is 17.9. The van der Waals surface area contributed by atoms with Crippen LogP contribution in [0.5, 0.6) is 0 Å². The molecular weight excluding hydrogens is 431 g/mol. The van der Waals surface area contributed by atoms with Gasteiger partial charge in [-0.15, -0.1) is 0 Å². The molecule has 0 aliphatic rings. The van der Waals surface area contributed by atoms with Gasteiger partial charge >= 0.3 is 13.8 Å². The van der Waals surface area contributed by atoms with E-state index in [1.54, 1.807) is 0 Å². The second-order valence-corrected chi connectivity index (χ2v) is 6.43. The third-order valence-electron chi connectivity index (χ3n) is 2.58. The molecule has 1 atom stereocenters. The molecule has 0 bridgehead atoms. The Kier molecular flexibility index (Phi) is 22.1. The van der Waals surface area contributed by atoms with E-state index >= 15 is 0 Å². The lowest BCUT2D eigenvalue weighted by Gasteiger charge is -2.12. The van der Waals surface area contributed by atoms with Crippen molar-refractivity contribution in [3.05, 3.63) is 12.2 Å². The van der Waals surface area contributed by atoms with Crippen LogP contribution in [0.15, 0.2) is 12.2 Å². The van der Waals surface area contributed by atoms with Crippen LogP contribution in [0.3, 0.4) is 0 Å². The molecule has 0 radical (unpaired) electrons. The highest BCUT2D eigenvalue weighted by molar-refractivity contribution is 7.45. The minimum atomic E-state index is -4.64. The molecule has 0 saturated heterocycles. The number of carbonyl (C=O) groups excluding carboxylic acids is 1. The van der Waals surface area contributed by atoms with Gasteiger partial charge in [-0.05, 0) is 6.92 Å². The first-order valence-corrected chi connectivity index (χ1v) is 10.5. The maximum absolute atomic E-state index is 11.1.